The number of rotatable bonds is 5. The molecule has 0 spiro atoms. The number of aromatic nitrogens is 2. The Hall–Kier alpha value is -3.04. The fourth-order valence-electron chi connectivity index (χ4n) is 3.11. The molecule has 0 bridgehead atoms. The van der Waals surface area contributed by atoms with Crippen molar-refractivity contribution < 1.29 is 13.2 Å². The highest BCUT2D eigenvalue weighted by Gasteiger charge is 2.17. The number of hydrogen-bond acceptors (Lipinski definition) is 5. The highest BCUT2D eigenvalue weighted by atomic mass is 32.2. The highest BCUT2D eigenvalue weighted by molar-refractivity contribution is 7.89. The van der Waals surface area contributed by atoms with Crippen LogP contribution < -0.4 is 15.6 Å². The third-order valence-electron chi connectivity index (χ3n) is 4.69. The maximum atomic E-state index is 12.7. The van der Waals surface area contributed by atoms with Crippen LogP contribution in [-0.2, 0) is 16.6 Å². The van der Waals surface area contributed by atoms with Crippen LogP contribution in [0, 0.1) is 13.8 Å². The molecule has 9 heteroatoms. The topological polar surface area (TPSA) is 110 Å². The number of nitrogens with zero attached hydrogens (tertiary/aromatic N) is 2. The van der Waals surface area contributed by atoms with Crippen LogP contribution in [-0.4, -0.2) is 30.9 Å². The van der Waals surface area contributed by atoms with Crippen molar-refractivity contribution >= 4 is 32.7 Å². The molecule has 0 aliphatic heterocycles. The normalized spacial score (nSPS) is 11.6. The first-order chi connectivity index (χ1) is 13.7. The molecule has 0 unspecified atom stereocenters. The zero-order chi connectivity index (χ0) is 21.3. The molecule has 3 aromatic rings. The average molecular weight is 414 g/mol. The van der Waals surface area contributed by atoms with Gasteiger partial charge in [-0.05, 0) is 63.7 Å². The van der Waals surface area contributed by atoms with E-state index in [1.807, 2.05) is 6.92 Å². The summed E-state index contributed by atoms with van der Waals surface area (Å²) in [5, 5.41) is 2.71. The van der Waals surface area contributed by atoms with Crippen LogP contribution in [0.2, 0.25) is 0 Å². The van der Waals surface area contributed by atoms with Gasteiger partial charge in [0.1, 0.15) is 5.69 Å². The minimum atomic E-state index is -3.64. The molecular weight excluding hydrogens is 392 g/mol. The van der Waals surface area contributed by atoms with E-state index in [1.54, 1.807) is 48.7 Å². The summed E-state index contributed by atoms with van der Waals surface area (Å²) < 4.78 is 28.2. The van der Waals surface area contributed by atoms with Gasteiger partial charge in [-0.25, -0.2) is 18.1 Å². The van der Waals surface area contributed by atoms with Gasteiger partial charge in [0.05, 0.1) is 15.9 Å². The van der Waals surface area contributed by atoms with E-state index < -0.39 is 15.9 Å². The Balaban J connectivity index is 1.98. The van der Waals surface area contributed by atoms with Crippen molar-refractivity contribution in [3.8, 4) is 0 Å². The van der Waals surface area contributed by atoms with Gasteiger partial charge in [0.2, 0.25) is 10.0 Å². The van der Waals surface area contributed by atoms with E-state index in [4.69, 9.17) is 0 Å². The van der Waals surface area contributed by atoms with Crippen molar-refractivity contribution in [2.45, 2.75) is 32.2 Å². The van der Waals surface area contributed by atoms with Gasteiger partial charge >= 0.3 is 0 Å². The first kappa shape index (κ1) is 20.7. The molecule has 29 heavy (non-hydrogen) atoms. The second kappa shape index (κ2) is 7.76. The Morgan fingerprint density at radius 3 is 2.52 bits per heavy atom. The number of carbonyl (C=O) groups is 1. The monoisotopic (exact) mass is 414 g/mol. The number of carbonyl (C=O) groups excluding carboxylic acids is 1. The van der Waals surface area contributed by atoms with E-state index in [0.717, 1.165) is 0 Å². The maximum absolute atomic E-state index is 12.7. The average Bonchev–Trinajstić information content (AvgIpc) is 2.70. The molecule has 0 atom stereocenters. The van der Waals surface area contributed by atoms with Gasteiger partial charge in [-0.2, -0.15) is 0 Å². The Labute approximate surface area is 168 Å². The van der Waals surface area contributed by atoms with Crippen molar-refractivity contribution in [2.75, 3.05) is 12.4 Å². The summed E-state index contributed by atoms with van der Waals surface area (Å²) in [6.07, 6.45) is 0. The number of nitrogens with one attached hydrogen (secondary N) is 2. The van der Waals surface area contributed by atoms with Gasteiger partial charge in [-0.1, -0.05) is 6.07 Å². The SMILES string of the molecule is CCn1c(=O)c(C)nc2cc(C(=O)Nc3ccc(C)c(S(=O)(=O)NC)c3)ccc21. The lowest BCUT2D eigenvalue weighted by molar-refractivity contribution is 0.102. The molecule has 0 aliphatic carbocycles. The van der Waals surface area contributed by atoms with Gasteiger partial charge in [-0.15, -0.1) is 0 Å². The number of anilines is 1. The fourth-order valence-corrected chi connectivity index (χ4v) is 4.10. The minimum absolute atomic E-state index is 0.0977. The summed E-state index contributed by atoms with van der Waals surface area (Å²) in [5.74, 6) is -0.405. The largest absolute Gasteiger partial charge is 0.322 e. The summed E-state index contributed by atoms with van der Waals surface area (Å²) >= 11 is 0. The third kappa shape index (κ3) is 3.92. The Bertz CT molecular complexity index is 1280. The molecular formula is C20H22N4O4S. The van der Waals surface area contributed by atoms with Gasteiger partial charge < -0.3 is 9.88 Å². The van der Waals surface area contributed by atoms with Gasteiger partial charge in [0.15, 0.2) is 0 Å². The molecule has 0 aliphatic rings. The molecule has 1 aromatic heterocycles. The minimum Gasteiger partial charge on any atom is -0.322 e. The van der Waals surface area contributed by atoms with E-state index in [9.17, 15) is 18.0 Å². The summed E-state index contributed by atoms with van der Waals surface area (Å²) in [6, 6.07) is 9.60. The Kier molecular flexibility index (Phi) is 5.54. The highest BCUT2D eigenvalue weighted by Crippen LogP contribution is 2.21. The Morgan fingerprint density at radius 1 is 1.14 bits per heavy atom. The van der Waals surface area contributed by atoms with E-state index >= 15 is 0 Å². The van der Waals surface area contributed by atoms with E-state index in [-0.39, 0.29) is 10.5 Å². The number of hydrogen-bond donors (Lipinski definition) is 2. The molecule has 0 fully saturated rings. The number of aryl methyl sites for hydroxylation is 3. The lowest BCUT2D eigenvalue weighted by atomic mass is 10.1. The van der Waals surface area contributed by atoms with Crippen molar-refractivity contribution in [3.63, 3.8) is 0 Å². The number of fused-ring (bicyclic) bond motifs is 1. The van der Waals surface area contributed by atoms with Crippen LogP contribution in [0.5, 0.6) is 0 Å². The van der Waals surface area contributed by atoms with Crippen molar-refractivity contribution in [2.24, 2.45) is 0 Å². The van der Waals surface area contributed by atoms with Crippen LogP contribution in [0.4, 0.5) is 5.69 Å². The van der Waals surface area contributed by atoms with E-state index in [1.165, 1.54) is 13.1 Å². The zero-order valence-corrected chi connectivity index (χ0v) is 17.4. The van der Waals surface area contributed by atoms with Crippen LogP contribution >= 0.6 is 0 Å². The molecule has 0 saturated heterocycles. The first-order valence-corrected chi connectivity index (χ1v) is 10.5. The summed E-state index contributed by atoms with van der Waals surface area (Å²) in [5.41, 5.74) is 2.67. The van der Waals surface area contributed by atoms with Gasteiger partial charge in [0.25, 0.3) is 11.5 Å². The summed E-state index contributed by atoms with van der Waals surface area (Å²) in [4.78, 5) is 29.3. The molecule has 2 N–H and O–H groups in total. The van der Waals surface area contributed by atoms with Crippen LogP contribution in [0.15, 0.2) is 46.1 Å². The second-order valence-electron chi connectivity index (χ2n) is 6.59. The van der Waals surface area contributed by atoms with Crippen LogP contribution in [0.3, 0.4) is 0 Å². The molecule has 0 radical (unpaired) electrons. The number of benzene rings is 2. The Morgan fingerprint density at radius 2 is 1.86 bits per heavy atom. The van der Waals surface area contributed by atoms with Crippen LogP contribution in [0.1, 0.15) is 28.5 Å². The molecule has 1 heterocycles. The fraction of sp³-hybridized carbons (Fsp3) is 0.250. The lowest BCUT2D eigenvalue weighted by Gasteiger charge is -2.12. The van der Waals surface area contributed by atoms with Gasteiger partial charge in [-0.3, -0.25) is 9.59 Å². The zero-order valence-electron chi connectivity index (χ0n) is 16.6. The van der Waals surface area contributed by atoms with Crippen molar-refractivity contribution in [1.29, 1.82) is 0 Å². The predicted octanol–water partition coefficient (Wildman–Crippen LogP) is 2.19. The summed E-state index contributed by atoms with van der Waals surface area (Å²) in [6.45, 7) is 5.68. The number of sulfonamides is 1. The maximum Gasteiger partial charge on any atom is 0.272 e. The predicted molar refractivity (Wildman–Crippen MR) is 112 cm³/mol. The molecule has 3 rings (SSSR count). The second-order valence-corrected chi connectivity index (χ2v) is 8.45. The molecule has 8 nitrogen and oxygen atoms in total. The molecule has 0 saturated carbocycles. The smallest absolute Gasteiger partial charge is 0.272 e. The van der Waals surface area contributed by atoms with E-state index in [2.05, 4.69) is 15.0 Å². The molecule has 2 aromatic carbocycles. The van der Waals surface area contributed by atoms with E-state index in [0.29, 0.717) is 40.1 Å². The van der Waals surface area contributed by atoms with Crippen LogP contribution in [0.25, 0.3) is 11.0 Å². The van der Waals surface area contributed by atoms with Crippen molar-refractivity contribution in [3.05, 3.63) is 63.6 Å². The third-order valence-corrected chi connectivity index (χ3v) is 6.25. The summed E-state index contributed by atoms with van der Waals surface area (Å²) in [7, 11) is -2.31. The molecule has 152 valence electrons. The quantitative estimate of drug-likeness (QED) is 0.665. The van der Waals surface area contributed by atoms with Gasteiger partial charge in [0, 0.05) is 17.8 Å². The number of amides is 1. The molecule has 1 amide bonds. The lowest BCUT2D eigenvalue weighted by Crippen LogP contribution is -2.23. The first-order valence-electron chi connectivity index (χ1n) is 9.04. The standard InChI is InChI=1S/C20H22N4O4S/c1-5-24-17-9-7-14(10-16(17)22-13(3)20(24)26)19(25)23-15-8-6-12(2)18(11-15)29(27,28)21-4/h6-11,21H,5H2,1-4H3,(H,23,25). The van der Waals surface area contributed by atoms with Crippen molar-refractivity contribution in [1.82, 2.24) is 14.3 Å².